The van der Waals surface area contributed by atoms with Crippen molar-refractivity contribution in [3.63, 3.8) is 0 Å². The van der Waals surface area contributed by atoms with E-state index in [1.165, 1.54) is 26.1 Å². The van der Waals surface area contributed by atoms with Crippen LogP contribution in [0.2, 0.25) is 0 Å². The molecule has 1 aromatic rings. The van der Waals surface area contributed by atoms with Gasteiger partial charge in [-0.05, 0) is 42.5 Å². The molecule has 1 aromatic heterocycles. The first kappa shape index (κ1) is 30.0. The molecule has 1 saturated heterocycles. The average molecular weight is 584 g/mol. The molecule has 5 rings (SSSR count). The Labute approximate surface area is 243 Å². The summed E-state index contributed by atoms with van der Waals surface area (Å²) in [6, 6.07) is 4.68. The number of Topliss-reactive ketones (excluding diaryl/α,β-unsaturated/α-hetero) is 2. The Morgan fingerprint density at radius 3 is 2.31 bits per heavy atom. The maximum absolute atomic E-state index is 14.9. The Morgan fingerprint density at radius 1 is 1.07 bits per heavy atom. The van der Waals surface area contributed by atoms with Crippen molar-refractivity contribution in [2.75, 3.05) is 6.61 Å². The number of hydrogen-bond donors (Lipinski definition) is 1. The second kappa shape index (κ2) is 9.80. The van der Waals surface area contributed by atoms with Crippen molar-refractivity contribution in [1.82, 2.24) is 4.98 Å². The van der Waals surface area contributed by atoms with Gasteiger partial charge in [0, 0.05) is 37.3 Å². The molecule has 1 N–H and O–H groups in total. The molecular formula is C31H37NO10. The summed E-state index contributed by atoms with van der Waals surface area (Å²) in [6.07, 6.45) is -2.47. The topological polar surface area (TPSA) is 155 Å². The second-order valence-corrected chi connectivity index (χ2v) is 12.8. The number of aliphatic hydroxyl groups is 1. The normalized spacial score (nSPS) is 38.6. The second-order valence-electron chi connectivity index (χ2n) is 12.8. The first-order chi connectivity index (χ1) is 19.5. The lowest BCUT2D eigenvalue weighted by atomic mass is 9.43. The van der Waals surface area contributed by atoms with Crippen LogP contribution in [0.25, 0.3) is 0 Å². The Kier molecular flexibility index (Phi) is 7.01. The molecule has 0 aromatic carbocycles. The van der Waals surface area contributed by atoms with E-state index in [1.54, 1.807) is 39.8 Å². The molecule has 4 aliphatic rings. The number of rotatable bonds is 4. The molecule has 1 aliphatic heterocycles. The van der Waals surface area contributed by atoms with Gasteiger partial charge in [0.1, 0.15) is 23.5 Å². The number of ether oxygens (including phenoxy) is 4. The zero-order valence-electron chi connectivity index (χ0n) is 24.9. The fourth-order valence-electron chi connectivity index (χ4n) is 7.92. The summed E-state index contributed by atoms with van der Waals surface area (Å²) in [5.74, 6) is -4.97. The zero-order valence-corrected chi connectivity index (χ0v) is 24.9. The van der Waals surface area contributed by atoms with Crippen LogP contribution in [-0.4, -0.2) is 75.7 Å². The van der Waals surface area contributed by atoms with Gasteiger partial charge in [0.2, 0.25) is 0 Å². The number of pyridine rings is 1. The Balaban J connectivity index is 1.85. The highest BCUT2D eigenvalue weighted by atomic mass is 16.6. The van der Waals surface area contributed by atoms with Crippen molar-refractivity contribution in [2.45, 2.75) is 90.8 Å². The van der Waals surface area contributed by atoms with E-state index in [0.29, 0.717) is 6.42 Å². The molecule has 42 heavy (non-hydrogen) atoms. The number of aromatic nitrogens is 1. The SMILES string of the molecule is CC(=O)OC1C(=O)[C@@]2(C)C(C(OC(=O)c3ccccn3)C3(O)CC(=O)C(C)=C1C3(C)C)C1(OC(C)=O)COC1C[C@@H]2C. The van der Waals surface area contributed by atoms with Crippen LogP contribution in [0.3, 0.4) is 0 Å². The van der Waals surface area contributed by atoms with Crippen molar-refractivity contribution < 1.29 is 48.0 Å². The minimum atomic E-state index is -2.13. The van der Waals surface area contributed by atoms with E-state index < -0.39 is 88.1 Å². The molecule has 11 heteroatoms. The Hall–Kier alpha value is -3.44. The van der Waals surface area contributed by atoms with Gasteiger partial charge < -0.3 is 24.1 Å². The highest BCUT2D eigenvalue weighted by Crippen LogP contribution is 2.65. The fourth-order valence-corrected chi connectivity index (χ4v) is 7.92. The van der Waals surface area contributed by atoms with Gasteiger partial charge >= 0.3 is 17.9 Å². The first-order valence-corrected chi connectivity index (χ1v) is 14.1. The minimum Gasteiger partial charge on any atom is -0.454 e. The number of fused-ring (bicyclic) bond motifs is 5. The number of allylic oxidation sites excluding steroid dienone is 1. The largest absolute Gasteiger partial charge is 0.454 e. The molecule has 2 bridgehead atoms. The van der Waals surface area contributed by atoms with Gasteiger partial charge in [-0.2, -0.15) is 0 Å². The average Bonchev–Trinajstić information content (AvgIpc) is 2.90. The number of esters is 3. The van der Waals surface area contributed by atoms with Crippen molar-refractivity contribution in [1.29, 1.82) is 0 Å². The van der Waals surface area contributed by atoms with Gasteiger partial charge in [-0.15, -0.1) is 0 Å². The standard InChI is InChI=1S/C31H37NO10/c1-15-12-21-30(14-39-21,42-18(4)34)24-26(41-27(37)19-10-8-9-11-32-19)31(38)13-20(35)16(2)22(28(31,5)6)23(40-17(3)33)25(36)29(15,24)7/h8-11,15,21,23-24,26,38H,12-14H2,1-7H3/t15-,21?,23?,24?,26?,29+,30?,31?/m0/s1. The third-order valence-corrected chi connectivity index (χ3v) is 10.4. The summed E-state index contributed by atoms with van der Waals surface area (Å²) in [6.45, 7) is 10.6. The lowest BCUT2D eigenvalue weighted by Crippen LogP contribution is -2.80. The molecule has 3 fully saturated rings. The van der Waals surface area contributed by atoms with Crippen LogP contribution >= 0.6 is 0 Å². The number of nitrogens with zero attached hydrogens (tertiary/aromatic N) is 1. The van der Waals surface area contributed by atoms with Crippen molar-refractivity contribution >= 4 is 29.5 Å². The Bertz CT molecular complexity index is 1400. The van der Waals surface area contributed by atoms with Crippen LogP contribution in [0.15, 0.2) is 35.5 Å². The van der Waals surface area contributed by atoms with Gasteiger partial charge in [-0.25, -0.2) is 9.78 Å². The predicted molar refractivity (Wildman–Crippen MR) is 145 cm³/mol. The highest BCUT2D eigenvalue weighted by molar-refractivity contribution is 6.02. The van der Waals surface area contributed by atoms with Crippen LogP contribution in [0.5, 0.6) is 0 Å². The van der Waals surface area contributed by atoms with Crippen LogP contribution in [-0.2, 0) is 38.1 Å². The van der Waals surface area contributed by atoms with Crippen molar-refractivity contribution in [3.05, 3.63) is 41.2 Å². The molecule has 0 spiro atoms. The van der Waals surface area contributed by atoms with Gasteiger partial charge in [0.05, 0.1) is 12.5 Å². The predicted octanol–water partition coefficient (Wildman–Crippen LogP) is 2.53. The number of carbonyl (C=O) groups is 5. The first-order valence-electron chi connectivity index (χ1n) is 14.1. The summed E-state index contributed by atoms with van der Waals surface area (Å²) in [5.41, 5.74) is -6.23. The number of ketones is 2. The van der Waals surface area contributed by atoms with Gasteiger partial charge in [0.15, 0.2) is 23.3 Å². The van der Waals surface area contributed by atoms with Crippen molar-refractivity contribution in [2.24, 2.45) is 22.7 Å². The van der Waals surface area contributed by atoms with Crippen molar-refractivity contribution in [3.8, 4) is 0 Å². The summed E-state index contributed by atoms with van der Waals surface area (Å²) < 4.78 is 23.8. The molecule has 6 unspecified atom stereocenters. The number of hydrogen-bond acceptors (Lipinski definition) is 11. The molecule has 11 nitrogen and oxygen atoms in total. The molecule has 8 atom stereocenters. The van der Waals surface area contributed by atoms with Crippen LogP contribution in [0.1, 0.15) is 71.8 Å². The molecule has 3 aliphatic carbocycles. The van der Waals surface area contributed by atoms with Gasteiger partial charge in [-0.1, -0.05) is 33.8 Å². The quantitative estimate of drug-likeness (QED) is 0.411. The van der Waals surface area contributed by atoms with Crippen LogP contribution < -0.4 is 0 Å². The van der Waals surface area contributed by atoms with E-state index >= 15 is 0 Å². The number of carbonyl (C=O) groups excluding carboxylic acids is 5. The maximum Gasteiger partial charge on any atom is 0.357 e. The maximum atomic E-state index is 14.9. The fraction of sp³-hybridized carbons (Fsp3) is 0.613. The molecule has 2 saturated carbocycles. The summed E-state index contributed by atoms with van der Waals surface area (Å²) in [4.78, 5) is 71.3. The zero-order chi connectivity index (χ0) is 31.0. The van der Waals surface area contributed by atoms with Crippen LogP contribution in [0.4, 0.5) is 0 Å². The van der Waals surface area contributed by atoms with Crippen LogP contribution in [0, 0.1) is 22.7 Å². The molecule has 226 valence electrons. The third kappa shape index (κ3) is 4.00. The summed E-state index contributed by atoms with van der Waals surface area (Å²) in [5, 5.41) is 12.8. The van der Waals surface area contributed by atoms with E-state index in [1.807, 2.05) is 6.92 Å². The van der Waals surface area contributed by atoms with E-state index in [4.69, 9.17) is 18.9 Å². The molecular weight excluding hydrogens is 546 g/mol. The highest BCUT2D eigenvalue weighted by Gasteiger charge is 2.77. The summed E-state index contributed by atoms with van der Waals surface area (Å²) >= 11 is 0. The molecule has 2 heterocycles. The third-order valence-electron chi connectivity index (χ3n) is 10.4. The molecule has 0 amide bonds. The molecule has 0 radical (unpaired) electrons. The Morgan fingerprint density at radius 2 is 1.76 bits per heavy atom. The minimum absolute atomic E-state index is 0.0485. The monoisotopic (exact) mass is 583 g/mol. The van der Waals surface area contributed by atoms with E-state index in [0.717, 1.165) is 0 Å². The van der Waals surface area contributed by atoms with E-state index in [2.05, 4.69) is 4.98 Å². The summed E-state index contributed by atoms with van der Waals surface area (Å²) in [7, 11) is 0. The van der Waals surface area contributed by atoms with Gasteiger partial charge in [-0.3, -0.25) is 19.2 Å². The van der Waals surface area contributed by atoms with E-state index in [-0.39, 0.29) is 23.4 Å². The van der Waals surface area contributed by atoms with E-state index in [9.17, 15) is 29.1 Å². The smallest absolute Gasteiger partial charge is 0.357 e. The van der Waals surface area contributed by atoms with Gasteiger partial charge in [0.25, 0.3) is 0 Å². The lowest BCUT2D eigenvalue weighted by Gasteiger charge is -2.67. The lowest BCUT2D eigenvalue weighted by molar-refractivity contribution is -0.338.